The summed E-state index contributed by atoms with van der Waals surface area (Å²) in [5.74, 6) is -1.91. The van der Waals surface area contributed by atoms with Crippen LogP contribution in [0.15, 0.2) is 6.20 Å². The molecular weight excluding hydrogens is 318 g/mol. The Morgan fingerprint density at radius 1 is 1.41 bits per heavy atom. The van der Waals surface area contributed by atoms with Gasteiger partial charge in [0.15, 0.2) is 16.4 Å². The van der Waals surface area contributed by atoms with Crippen molar-refractivity contribution in [2.45, 2.75) is 0 Å². The first-order valence-corrected chi connectivity index (χ1v) is 6.18. The van der Waals surface area contributed by atoms with E-state index in [2.05, 4.69) is 25.9 Å². The Hall–Kier alpha value is -2.95. The fourth-order valence-corrected chi connectivity index (χ4v) is 1.88. The molecule has 22 heavy (non-hydrogen) atoms. The molecule has 0 fully saturated rings. The van der Waals surface area contributed by atoms with Gasteiger partial charge in [0.1, 0.15) is 0 Å². The Morgan fingerprint density at radius 2 is 2.09 bits per heavy atom. The molecule has 3 N–H and O–H groups in total. The number of hydrogen-bond acceptors (Lipinski definition) is 6. The van der Waals surface area contributed by atoms with Crippen molar-refractivity contribution in [3.63, 3.8) is 0 Å². The number of aryl methyl sites for hydroxylation is 1. The van der Waals surface area contributed by atoms with Gasteiger partial charge in [-0.2, -0.15) is 5.10 Å². The van der Waals surface area contributed by atoms with E-state index >= 15 is 0 Å². The van der Waals surface area contributed by atoms with Crippen LogP contribution in [0.1, 0.15) is 21.0 Å². The summed E-state index contributed by atoms with van der Waals surface area (Å²) in [7, 11) is 2.98. The molecule has 11 nitrogen and oxygen atoms in total. The van der Waals surface area contributed by atoms with Gasteiger partial charge in [-0.1, -0.05) is 16.7 Å². The van der Waals surface area contributed by atoms with Crippen LogP contribution < -0.4 is 10.6 Å². The van der Waals surface area contributed by atoms with Gasteiger partial charge in [-0.3, -0.25) is 14.3 Å². The number of nitrogens with zero attached hydrogens (tertiary/aromatic N) is 4. The zero-order chi connectivity index (χ0) is 16.4. The molecule has 116 valence electrons. The molecule has 0 saturated carbocycles. The van der Waals surface area contributed by atoms with Gasteiger partial charge < -0.3 is 20.7 Å². The largest absolute Gasteiger partial charge is 0.362 e. The predicted molar refractivity (Wildman–Crippen MR) is 74.8 cm³/mol. The van der Waals surface area contributed by atoms with Gasteiger partial charge in [0.25, 0.3) is 11.8 Å². The molecule has 0 spiro atoms. The summed E-state index contributed by atoms with van der Waals surface area (Å²) in [5, 5.41) is 24.4. The molecule has 0 bridgehead atoms. The minimum Gasteiger partial charge on any atom is -0.358 e. The van der Waals surface area contributed by atoms with Gasteiger partial charge in [-0.05, 0) is 4.92 Å². The molecule has 2 rings (SSSR count). The van der Waals surface area contributed by atoms with Crippen LogP contribution in [0.3, 0.4) is 0 Å². The number of anilines is 1. The lowest BCUT2D eigenvalue weighted by Crippen LogP contribution is -2.21. The predicted octanol–water partition coefficient (Wildman–Crippen LogP) is 0.317. The van der Waals surface area contributed by atoms with Crippen molar-refractivity contribution in [3.8, 4) is 0 Å². The maximum atomic E-state index is 12.1. The van der Waals surface area contributed by atoms with Crippen molar-refractivity contribution in [2.24, 2.45) is 7.05 Å². The van der Waals surface area contributed by atoms with E-state index in [9.17, 15) is 19.7 Å². The highest BCUT2D eigenvalue weighted by Gasteiger charge is 2.26. The fraction of sp³-hybridized carbons (Fsp3) is 0.200. The van der Waals surface area contributed by atoms with E-state index in [0.29, 0.717) is 0 Å². The van der Waals surface area contributed by atoms with Crippen molar-refractivity contribution < 1.29 is 14.5 Å². The van der Waals surface area contributed by atoms with E-state index in [4.69, 9.17) is 11.6 Å². The van der Waals surface area contributed by atoms with Crippen LogP contribution >= 0.6 is 11.6 Å². The Bertz CT molecular complexity index is 765. The highest BCUT2D eigenvalue weighted by Crippen LogP contribution is 2.25. The van der Waals surface area contributed by atoms with Crippen LogP contribution in [-0.2, 0) is 7.05 Å². The van der Waals surface area contributed by atoms with E-state index in [1.165, 1.54) is 17.9 Å². The standard InChI is InChI=1S/C10H10ClN7O4/c1-12-9(19)6-4(3-17(2)16-6)13-10(20)7-5(11)8(15-14-7)18(21)22/h3H,1-2H3,(H,12,19)(H,13,20)(H,14,15). The molecular formula is C10H10ClN7O4. The number of nitrogens with one attached hydrogen (secondary N) is 3. The Balaban J connectivity index is 2.30. The maximum absolute atomic E-state index is 12.1. The summed E-state index contributed by atoms with van der Waals surface area (Å²) in [6, 6.07) is 0. The van der Waals surface area contributed by atoms with Crippen LogP contribution in [0.25, 0.3) is 0 Å². The van der Waals surface area contributed by atoms with Crippen molar-refractivity contribution in [2.75, 3.05) is 12.4 Å². The van der Waals surface area contributed by atoms with E-state index < -0.39 is 27.6 Å². The monoisotopic (exact) mass is 327 g/mol. The van der Waals surface area contributed by atoms with Crippen molar-refractivity contribution in [3.05, 3.63) is 32.7 Å². The molecule has 12 heteroatoms. The quantitative estimate of drug-likeness (QED) is 0.544. The van der Waals surface area contributed by atoms with Crippen LogP contribution in [0, 0.1) is 10.1 Å². The van der Waals surface area contributed by atoms with Crippen LogP contribution in [0.2, 0.25) is 5.02 Å². The summed E-state index contributed by atoms with van der Waals surface area (Å²) in [6.45, 7) is 0. The Labute approximate surface area is 127 Å². The minimum atomic E-state index is -0.812. The van der Waals surface area contributed by atoms with E-state index in [-0.39, 0.29) is 17.1 Å². The maximum Gasteiger partial charge on any atom is 0.362 e. The molecule has 2 aromatic heterocycles. The lowest BCUT2D eigenvalue weighted by molar-refractivity contribution is -0.389. The van der Waals surface area contributed by atoms with Gasteiger partial charge in [0, 0.05) is 20.3 Å². The van der Waals surface area contributed by atoms with E-state index in [1.807, 2.05) is 0 Å². The summed E-state index contributed by atoms with van der Waals surface area (Å²) in [4.78, 5) is 33.6. The van der Waals surface area contributed by atoms with Crippen molar-refractivity contribution in [1.82, 2.24) is 25.3 Å². The van der Waals surface area contributed by atoms with E-state index in [0.717, 1.165) is 0 Å². The number of aromatic amines is 1. The summed E-state index contributed by atoms with van der Waals surface area (Å²) in [6.07, 6.45) is 1.40. The molecule has 0 radical (unpaired) electrons. The molecule has 0 saturated heterocycles. The smallest absolute Gasteiger partial charge is 0.358 e. The first-order chi connectivity index (χ1) is 10.3. The second kappa shape index (κ2) is 5.81. The van der Waals surface area contributed by atoms with Crippen LogP contribution in [0.5, 0.6) is 0 Å². The molecule has 0 atom stereocenters. The number of nitro groups is 1. The lowest BCUT2D eigenvalue weighted by Gasteiger charge is -2.02. The molecule has 2 amide bonds. The van der Waals surface area contributed by atoms with Crippen LogP contribution in [0.4, 0.5) is 11.5 Å². The molecule has 0 aliphatic carbocycles. The average molecular weight is 328 g/mol. The van der Waals surface area contributed by atoms with Gasteiger partial charge in [0.2, 0.25) is 0 Å². The summed E-state index contributed by atoms with van der Waals surface area (Å²) < 4.78 is 1.33. The third-order valence-corrected chi connectivity index (χ3v) is 2.96. The van der Waals surface area contributed by atoms with Gasteiger partial charge in [-0.15, -0.1) is 5.10 Å². The molecule has 0 unspecified atom stereocenters. The summed E-state index contributed by atoms with van der Waals surface area (Å²) >= 11 is 5.72. The molecule has 2 heterocycles. The highest BCUT2D eigenvalue weighted by atomic mass is 35.5. The number of carbonyl (C=O) groups excluding carboxylic acids is 2. The highest BCUT2D eigenvalue weighted by molar-refractivity contribution is 6.36. The molecule has 2 aromatic rings. The third-order valence-electron chi connectivity index (χ3n) is 2.61. The lowest BCUT2D eigenvalue weighted by atomic mass is 10.3. The van der Waals surface area contributed by atoms with Crippen molar-refractivity contribution in [1.29, 1.82) is 0 Å². The Kier molecular flexibility index (Phi) is 4.08. The Morgan fingerprint density at radius 3 is 2.64 bits per heavy atom. The number of rotatable bonds is 4. The van der Waals surface area contributed by atoms with Crippen LogP contribution in [-0.4, -0.2) is 43.8 Å². The molecule has 0 aliphatic rings. The zero-order valence-corrected chi connectivity index (χ0v) is 12.1. The normalized spacial score (nSPS) is 10.3. The first kappa shape index (κ1) is 15.4. The SMILES string of the molecule is CNC(=O)c1nn(C)cc1NC(=O)c1n[nH]c([N+](=O)[O-])c1Cl. The third kappa shape index (κ3) is 2.74. The van der Waals surface area contributed by atoms with Crippen molar-refractivity contribution >= 4 is 34.9 Å². The first-order valence-electron chi connectivity index (χ1n) is 5.80. The number of H-pyrrole nitrogens is 1. The minimum absolute atomic E-state index is 0.0143. The fourth-order valence-electron chi connectivity index (χ4n) is 1.64. The van der Waals surface area contributed by atoms with E-state index in [1.54, 1.807) is 7.05 Å². The summed E-state index contributed by atoms with van der Waals surface area (Å²) in [5.41, 5.74) is -0.256. The number of halogens is 1. The second-order valence-corrected chi connectivity index (χ2v) is 4.47. The molecule has 0 aromatic carbocycles. The van der Waals surface area contributed by atoms with Gasteiger partial charge in [-0.25, -0.2) is 0 Å². The van der Waals surface area contributed by atoms with Gasteiger partial charge in [0.05, 0.1) is 5.69 Å². The molecule has 0 aliphatic heterocycles. The van der Waals surface area contributed by atoms with Gasteiger partial charge >= 0.3 is 5.82 Å². The topological polar surface area (TPSA) is 148 Å². The average Bonchev–Trinajstić information content (AvgIpc) is 3.01. The number of carbonyl (C=O) groups is 2. The number of hydrogen-bond donors (Lipinski definition) is 3. The zero-order valence-electron chi connectivity index (χ0n) is 11.4. The second-order valence-electron chi connectivity index (χ2n) is 4.09. The number of amides is 2. The number of aromatic nitrogens is 4.